The van der Waals surface area contributed by atoms with Crippen LogP contribution in [-0.2, 0) is 11.2 Å². The topological polar surface area (TPSA) is 122 Å². The zero-order valence-electron chi connectivity index (χ0n) is 16.3. The normalized spacial score (nSPS) is 26.9. The van der Waals surface area contributed by atoms with Gasteiger partial charge < -0.3 is 25.8 Å². The van der Waals surface area contributed by atoms with E-state index in [4.69, 9.17) is 10.4 Å². The van der Waals surface area contributed by atoms with Crippen molar-refractivity contribution >= 4 is 19.0 Å². The highest BCUT2D eigenvalue weighted by atomic mass is 16.5. The summed E-state index contributed by atoms with van der Waals surface area (Å²) >= 11 is 0. The van der Waals surface area contributed by atoms with Crippen LogP contribution in [0.4, 0.5) is 0 Å². The predicted octanol–water partition coefficient (Wildman–Crippen LogP) is 1.62. The Morgan fingerprint density at radius 2 is 2.11 bits per heavy atom. The fourth-order valence-electron chi connectivity index (χ4n) is 4.66. The number of fused-ring (bicyclic) bond motifs is 1. The van der Waals surface area contributed by atoms with Gasteiger partial charge in [0.1, 0.15) is 5.75 Å². The maximum absolute atomic E-state index is 12.6. The Labute approximate surface area is 165 Å². The Morgan fingerprint density at radius 3 is 2.79 bits per heavy atom. The van der Waals surface area contributed by atoms with E-state index >= 15 is 0 Å². The van der Waals surface area contributed by atoms with Crippen LogP contribution in [0.3, 0.4) is 0 Å². The fraction of sp³-hybridized carbons (Fsp3) is 0.600. The Morgan fingerprint density at radius 1 is 1.32 bits per heavy atom. The summed E-state index contributed by atoms with van der Waals surface area (Å²) in [7, 11) is -1.27. The number of carbonyl (C=O) groups is 2. The molecule has 1 aromatic rings. The highest BCUT2D eigenvalue weighted by Crippen LogP contribution is 2.37. The van der Waals surface area contributed by atoms with Crippen molar-refractivity contribution in [1.29, 1.82) is 0 Å². The number of rotatable bonds is 6. The summed E-state index contributed by atoms with van der Waals surface area (Å²) in [6.45, 7) is 2.88. The summed E-state index contributed by atoms with van der Waals surface area (Å²) in [5, 5.41) is 22.4. The first kappa shape index (κ1) is 20.7. The third-order valence-electron chi connectivity index (χ3n) is 6.25. The summed E-state index contributed by atoms with van der Waals surface area (Å²) in [5.41, 5.74) is 6.55. The molecular formula is C20H29BN2O5. The van der Waals surface area contributed by atoms with Crippen LogP contribution < -0.4 is 15.7 Å². The van der Waals surface area contributed by atoms with Crippen LogP contribution in [0.1, 0.15) is 54.9 Å². The average molecular weight is 388 g/mol. The molecule has 1 fully saturated rings. The first-order valence-corrected chi connectivity index (χ1v) is 10.1. The highest BCUT2D eigenvalue weighted by Gasteiger charge is 2.38. The van der Waals surface area contributed by atoms with Crippen molar-refractivity contribution in [2.24, 2.45) is 23.5 Å². The van der Waals surface area contributed by atoms with Crippen molar-refractivity contribution in [2.45, 2.75) is 51.4 Å². The second-order valence-corrected chi connectivity index (χ2v) is 8.03. The van der Waals surface area contributed by atoms with Crippen molar-refractivity contribution < 1.29 is 24.4 Å². The number of carbonyl (C=O) groups excluding carboxylic acids is 1. The molecule has 0 aromatic heterocycles. The molecule has 0 radical (unpaired) electrons. The van der Waals surface area contributed by atoms with Gasteiger partial charge in [0, 0.05) is 6.42 Å². The Bertz CT molecular complexity index is 729. The van der Waals surface area contributed by atoms with E-state index in [1.165, 1.54) is 6.07 Å². The molecule has 0 spiro atoms. The second kappa shape index (κ2) is 8.96. The van der Waals surface area contributed by atoms with E-state index in [0.29, 0.717) is 42.7 Å². The molecule has 5 N–H and O–H groups in total. The predicted molar refractivity (Wildman–Crippen MR) is 106 cm³/mol. The lowest BCUT2D eigenvalue weighted by molar-refractivity contribution is -0.122. The van der Waals surface area contributed by atoms with Crippen LogP contribution in [0.25, 0.3) is 0 Å². The van der Waals surface area contributed by atoms with Crippen molar-refractivity contribution in [3.8, 4) is 5.75 Å². The summed E-state index contributed by atoms with van der Waals surface area (Å²) in [6, 6.07) is 4.84. The van der Waals surface area contributed by atoms with Gasteiger partial charge in [-0.1, -0.05) is 25.5 Å². The maximum atomic E-state index is 12.6. The first-order chi connectivity index (χ1) is 13.4. The molecule has 2 aliphatic rings. The van der Waals surface area contributed by atoms with Gasteiger partial charge in [-0.25, -0.2) is 4.79 Å². The number of nitrogens with two attached hydrogens (primary N) is 1. The number of carboxylic acid groups (broad SMARTS) is 1. The van der Waals surface area contributed by atoms with Gasteiger partial charge in [-0.05, 0) is 61.6 Å². The summed E-state index contributed by atoms with van der Waals surface area (Å²) in [6.07, 6.45) is 4.92. The summed E-state index contributed by atoms with van der Waals surface area (Å²) < 4.78 is 5.44. The Kier molecular flexibility index (Phi) is 6.62. The lowest BCUT2D eigenvalue weighted by atomic mass is 9.71. The smallest absolute Gasteiger partial charge is 0.534 e. The highest BCUT2D eigenvalue weighted by molar-refractivity contribution is 6.47. The maximum Gasteiger partial charge on any atom is 0.547 e. The minimum Gasteiger partial charge on any atom is -0.534 e. The van der Waals surface area contributed by atoms with E-state index < -0.39 is 19.0 Å². The van der Waals surface area contributed by atoms with Crippen LogP contribution in [-0.4, -0.2) is 41.6 Å². The molecule has 7 nitrogen and oxygen atoms in total. The van der Waals surface area contributed by atoms with Crippen molar-refractivity contribution in [3.05, 3.63) is 29.3 Å². The van der Waals surface area contributed by atoms with Crippen LogP contribution in [0.5, 0.6) is 5.75 Å². The molecule has 1 aliphatic carbocycles. The van der Waals surface area contributed by atoms with Gasteiger partial charge in [-0.15, -0.1) is 0 Å². The minimum absolute atomic E-state index is 0.0172. The molecule has 1 aromatic carbocycles. The summed E-state index contributed by atoms with van der Waals surface area (Å²) in [5.74, 6) is -0.161. The van der Waals surface area contributed by atoms with Gasteiger partial charge in [0.15, 0.2) is 0 Å². The second-order valence-electron chi connectivity index (χ2n) is 8.03. The lowest BCUT2D eigenvalue weighted by Crippen LogP contribution is -2.53. The average Bonchev–Trinajstić information content (AvgIpc) is 2.67. The molecule has 0 saturated heterocycles. The van der Waals surface area contributed by atoms with Crippen molar-refractivity contribution in [3.63, 3.8) is 0 Å². The fourth-order valence-corrected chi connectivity index (χ4v) is 4.66. The molecule has 152 valence electrons. The molecule has 4 atom stereocenters. The number of amides is 1. The van der Waals surface area contributed by atoms with Crippen molar-refractivity contribution in [2.75, 3.05) is 6.54 Å². The molecule has 28 heavy (non-hydrogen) atoms. The SMILES string of the molecule is CC[C@H]1C[C@@H](CC(=O)N[C@H]2Cc3cccc(C(=O)O)c3OB2O)CC[C@@H]1CN. The Hall–Kier alpha value is -2.06. The number of carboxylic acids is 1. The van der Waals surface area contributed by atoms with Crippen LogP contribution in [0.15, 0.2) is 18.2 Å². The van der Waals surface area contributed by atoms with Gasteiger partial charge in [-0.3, -0.25) is 4.79 Å². The van der Waals surface area contributed by atoms with Gasteiger partial charge in [0.05, 0.1) is 11.5 Å². The van der Waals surface area contributed by atoms with Crippen LogP contribution in [0, 0.1) is 17.8 Å². The molecule has 1 amide bonds. The van der Waals surface area contributed by atoms with Crippen LogP contribution >= 0.6 is 0 Å². The number of hydrogen-bond acceptors (Lipinski definition) is 5. The molecule has 8 heteroatoms. The zero-order valence-corrected chi connectivity index (χ0v) is 16.3. The number of nitrogens with one attached hydrogen (secondary N) is 1. The van der Waals surface area contributed by atoms with Gasteiger partial charge in [0.2, 0.25) is 5.91 Å². The van der Waals surface area contributed by atoms with E-state index in [2.05, 4.69) is 12.2 Å². The van der Waals surface area contributed by atoms with Crippen molar-refractivity contribution in [1.82, 2.24) is 5.32 Å². The number of benzene rings is 1. The quantitative estimate of drug-likeness (QED) is 0.550. The molecule has 1 saturated carbocycles. The molecule has 3 rings (SSSR count). The lowest BCUT2D eigenvalue weighted by Gasteiger charge is -2.35. The largest absolute Gasteiger partial charge is 0.547 e. The molecule has 1 aliphatic heterocycles. The van der Waals surface area contributed by atoms with E-state index in [1.807, 2.05) is 0 Å². The summed E-state index contributed by atoms with van der Waals surface area (Å²) in [4.78, 5) is 23.9. The van der Waals surface area contributed by atoms with Crippen LogP contribution in [0.2, 0.25) is 0 Å². The van der Waals surface area contributed by atoms with Gasteiger partial charge in [-0.2, -0.15) is 0 Å². The molecule has 0 unspecified atom stereocenters. The number of aromatic carboxylic acids is 1. The van der Waals surface area contributed by atoms with Gasteiger partial charge in [0.25, 0.3) is 0 Å². The first-order valence-electron chi connectivity index (χ1n) is 10.1. The molecule has 1 heterocycles. The molecule has 0 bridgehead atoms. The van der Waals surface area contributed by atoms with E-state index in [1.54, 1.807) is 12.1 Å². The Balaban J connectivity index is 1.59. The van der Waals surface area contributed by atoms with E-state index in [9.17, 15) is 19.7 Å². The number of hydrogen-bond donors (Lipinski definition) is 4. The van der Waals surface area contributed by atoms with E-state index in [0.717, 1.165) is 25.7 Å². The third kappa shape index (κ3) is 4.50. The third-order valence-corrected chi connectivity index (χ3v) is 6.25. The monoisotopic (exact) mass is 388 g/mol. The zero-order chi connectivity index (χ0) is 20.3. The van der Waals surface area contributed by atoms with E-state index in [-0.39, 0.29) is 17.2 Å². The van der Waals surface area contributed by atoms with Gasteiger partial charge >= 0.3 is 13.1 Å². The number of para-hydroxylation sites is 1. The standard InChI is InChI=1S/C20H29BN2O5/c1-2-13-8-12(6-7-15(13)11-22)9-18(24)23-17-10-14-4-3-5-16(20(25)26)19(14)28-21(17)27/h3-5,12-13,15,17,27H,2,6-11,22H2,1H3,(H,23,24)(H,25,26)/t12-,13-,15+,17-/m0/s1. The minimum atomic E-state index is -1.27. The molecular weight excluding hydrogens is 359 g/mol.